The highest BCUT2D eigenvalue weighted by atomic mass is 32.2. The first-order chi connectivity index (χ1) is 10.1. The van der Waals surface area contributed by atoms with Crippen molar-refractivity contribution in [2.75, 3.05) is 25.0 Å². The van der Waals surface area contributed by atoms with Gasteiger partial charge in [0.2, 0.25) is 10.0 Å². The Morgan fingerprint density at radius 2 is 1.95 bits per heavy atom. The minimum atomic E-state index is -3.44. The first-order valence-corrected chi connectivity index (χ1v) is 9.00. The van der Waals surface area contributed by atoms with Gasteiger partial charge in [-0.3, -0.25) is 0 Å². The third kappa shape index (κ3) is 4.18. The fourth-order valence-electron chi connectivity index (χ4n) is 2.63. The highest BCUT2D eigenvalue weighted by Gasteiger charge is 2.28. The van der Waals surface area contributed by atoms with Gasteiger partial charge in [0, 0.05) is 31.3 Å². The van der Waals surface area contributed by atoms with Crippen molar-refractivity contribution in [1.82, 2.24) is 4.72 Å². The van der Waals surface area contributed by atoms with Crippen molar-refractivity contribution in [2.45, 2.75) is 37.7 Å². The zero-order valence-corrected chi connectivity index (χ0v) is 13.4. The summed E-state index contributed by atoms with van der Waals surface area (Å²) in [4.78, 5) is 0.302. The summed E-state index contributed by atoms with van der Waals surface area (Å²) in [7, 11) is -3.44. The number of hydrogen-bond acceptors (Lipinski definition) is 4. The van der Waals surface area contributed by atoms with E-state index in [2.05, 4.69) is 17.0 Å². The van der Waals surface area contributed by atoms with Crippen LogP contribution in [0.15, 0.2) is 29.2 Å². The summed E-state index contributed by atoms with van der Waals surface area (Å²) in [5.41, 5.74) is 0.923. The lowest BCUT2D eigenvalue weighted by molar-refractivity contribution is 0.0884. The van der Waals surface area contributed by atoms with Crippen LogP contribution < -0.4 is 10.0 Å². The Morgan fingerprint density at radius 3 is 2.57 bits per heavy atom. The molecular formula is C15H24N2O3S. The average molecular weight is 312 g/mol. The van der Waals surface area contributed by atoms with Crippen LogP contribution in [0.3, 0.4) is 0 Å². The maximum absolute atomic E-state index is 12.3. The van der Waals surface area contributed by atoms with Crippen LogP contribution in [-0.4, -0.2) is 34.2 Å². The average Bonchev–Trinajstić information content (AvgIpc) is 2.94. The fraction of sp³-hybridized carbons (Fsp3) is 0.600. The molecule has 0 amide bonds. The van der Waals surface area contributed by atoms with Gasteiger partial charge in [-0.25, -0.2) is 13.1 Å². The van der Waals surface area contributed by atoms with Crippen LogP contribution in [0.2, 0.25) is 0 Å². The van der Waals surface area contributed by atoms with Gasteiger partial charge in [-0.2, -0.15) is 0 Å². The van der Waals surface area contributed by atoms with E-state index in [-0.39, 0.29) is 12.0 Å². The highest BCUT2D eigenvalue weighted by Crippen LogP contribution is 2.23. The first kappa shape index (κ1) is 16.3. The summed E-state index contributed by atoms with van der Waals surface area (Å²) in [5, 5.41) is 3.14. The van der Waals surface area contributed by atoms with Gasteiger partial charge < -0.3 is 10.1 Å². The monoisotopic (exact) mass is 312 g/mol. The fourth-order valence-corrected chi connectivity index (χ4v) is 3.73. The number of benzene rings is 1. The van der Waals surface area contributed by atoms with Gasteiger partial charge in [-0.1, -0.05) is 6.92 Å². The van der Waals surface area contributed by atoms with Gasteiger partial charge in [-0.15, -0.1) is 0 Å². The Labute approximate surface area is 127 Å². The number of ether oxygens (including phenoxy) is 1. The Balaban J connectivity index is 1.97. The molecule has 2 unspecified atom stereocenters. The van der Waals surface area contributed by atoms with Crippen molar-refractivity contribution < 1.29 is 13.2 Å². The molecule has 0 aromatic heterocycles. The zero-order chi connectivity index (χ0) is 15.3. The molecule has 1 aliphatic heterocycles. The predicted octanol–water partition coefficient (Wildman–Crippen LogP) is 2.21. The minimum Gasteiger partial charge on any atom is -0.385 e. The second-order valence-electron chi connectivity index (χ2n) is 5.27. The van der Waals surface area contributed by atoms with E-state index < -0.39 is 10.0 Å². The van der Waals surface area contributed by atoms with E-state index in [1.807, 2.05) is 6.92 Å². The molecule has 118 valence electrons. The van der Waals surface area contributed by atoms with Crippen molar-refractivity contribution in [2.24, 2.45) is 5.92 Å². The molecular weight excluding hydrogens is 288 g/mol. The van der Waals surface area contributed by atoms with Crippen LogP contribution >= 0.6 is 0 Å². The van der Waals surface area contributed by atoms with Gasteiger partial charge in [0.05, 0.1) is 11.0 Å². The molecule has 0 spiro atoms. The van der Waals surface area contributed by atoms with Crippen LogP contribution in [0.1, 0.15) is 26.7 Å². The summed E-state index contributed by atoms with van der Waals surface area (Å²) >= 11 is 0. The molecule has 1 fully saturated rings. The molecule has 21 heavy (non-hydrogen) atoms. The second-order valence-corrected chi connectivity index (χ2v) is 7.04. The van der Waals surface area contributed by atoms with Crippen LogP contribution in [0, 0.1) is 5.92 Å². The summed E-state index contributed by atoms with van der Waals surface area (Å²) in [6.45, 7) is 6.04. The number of rotatable bonds is 7. The van der Waals surface area contributed by atoms with E-state index in [0.717, 1.165) is 31.7 Å². The smallest absolute Gasteiger partial charge is 0.240 e. The molecule has 2 atom stereocenters. The molecule has 0 bridgehead atoms. The molecule has 1 heterocycles. The molecule has 0 saturated carbocycles. The summed E-state index contributed by atoms with van der Waals surface area (Å²) in [6.07, 6.45) is 2.01. The first-order valence-electron chi connectivity index (χ1n) is 7.52. The Morgan fingerprint density at radius 1 is 1.24 bits per heavy atom. The molecule has 2 rings (SSSR count). The van der Waals surface area contributed by atoms with Gasteiger partial charge >= 0.3 is 0 Å². The lowest BCUT2D eigenvalue weighted by atomic mass is 10.0. The van der Waals surface area contributed by atoms with E-state index >= 15 is 0 Å². The molecule has 0 radical (unpaired) electrons. The Kier molecular flexibility index (Phi) is 5.61. The van der Waals surface area contributed by atoms with Crippen LogP contribution in [-0.2, 0) is 14.8 Å². The third-order valence-electron chi connectivity index (χ3n) is 3.83. The van der Waals surface area contributed by atoms with Crippen molar-refractivity contribution in [3.8, 4) is 0 Å². The molecule has 2 N–H and O–H groups in total. The molecule has 1 aromatic carbocycles. The number of hydrogen-bond donors (Lipinski definition) is 2. The molecule has 0 aliphatic carbocycles. The van der Waals surface area contributed by atoms with Crippen LogP contribution in [0.4, 0.5) is 5.69 Å². The van der Waals surface area contributed by atoms with E-state index in [1.54, 1.807) is 24.3 Å². The second kappa shape index (κ2) is 7.24. The number of sulfonamides is 1. The van der Waals surface area contributed by atoms with Crippen molar-refractivity contribution in [1.29, 1.82) is 0 Å². The summed E-state index contributed by atoms with van der Waals surface area (Å²) < 4.78 is 32.9. The lowest BCUT2D eigenvalue weighted by Crippen LogP contribution is -2.32. The molecule has 1 aromatic rings. The van der Waals surface area contributed by atoms with E-state index in [0.29, 0.717) is 11.4 Å². The molecule has 1 aliphatic rings. The van der Waals surface area contributed by atoms with E-state index in [4.69, 9.17) is 4.74 Å². The van der Waals surface area contributed by atoms with Crippen LogP contribution in [0.5, 0.6) is 0 Å². The molecule has 6 heteroatoms. The SMILES string of the molecule is CCNc1ccc(S(=O)(=O)NCC2CCOC2CC)cc1. The topological polar surface area (TPSA) is 67.4 Å². The van der Waals surface area contributed by atoms with Crippen molar-refractivity contribution >= 4 is 15.7 Å². The maximum Gasteiger partial charge on any atom is 0.240 e. The Hall–Kier alpha value is -1.11. The highest BCUT2D eigenvalue weighted by molar-refractivity contribution is 7.89. The lowest BCUT2D eigenvalue weighted by Gasteiger charge is -2.17. The van der Waals surface area contributed by atoms with E-state index in [9.17, 15) is 8.42 Å². The largest absolute Gasteiger partial charge is 0.385 e. The predicted molar refractivity (Wildman–Crippen MR) is 83.9 cm³/mol. The molecule has 1 saturated heterocycles. The standard InChI is InChI=1S/C15H24N2O3S/c1-3-15-12(9-10-20-15)11-17-21(18,19)14-7-5-13(6-8-14)16-4-2/h5-8,12,15-17H,3-4,9-11H2,1-2H3. The van der Waals surface area contributed by atoms with Gasteiger partial charge in [0.15, 0.2) is 0 Å². The van der Waals surface area contributed by atoms with E-state index in [1.165, 1.54) is 0 Å². The van der Waals surface area contributed by atoms with Crippen molar-refractivity contribution in [3.05, 3.63) is 24.3 Å². The maximum atomic E-state index is 12.3. The third-order valence-corrected chi connectivity index (χ3v) is 5.27. The van der Waals surface area contributed by atoms with Crippen molar-refractivity contribution in [3.63, 3.8) is 0 Å². The number of anilines is 1. The Bertz CT molecular complexity index is 543. The summed E-state index contributed by atoms with van der Waals surface area (Å²) in [6, 6.07) is 6.82. The number of nitrogens with one attached hydrogen (secondary N) is 2. The normalized spacial score (nSPS) is 22.4. The van der Waals surface area contributed by atoms with Crippen LogP contribution in [0.25, 0.3) is 0 Å². The zero-order valence-electron chi connectivity index (χ0n) is 12.6. The van der Waals surface area contributed by atoms with Gasteiger partial charge in [0.1, 0.15) is 0 Å². The quantitative estimate of drug-likeness (QED) is 0.810. The van der Waals surface area contributed by atoms with Gasteiger partial charge in [0.25, 0.3) is 0 Å². The van der Waals surface area contributed by atoms with Gasteiger partial charge in [-0.05, 0) is 44.0 Å². The minimum absolute atomic E-state index is 0.170. The summed E-state index contributed by atoms with van der Waals surface area (Å²) in [5.74, 6) is 0.269. The molecule has 5 nitrogen and oxygen atoms in total.